The fourth-order valence-electron chi connectivity index (χ4n) is 1.06. The number of pyridine rings is 1. The van der Waals surface area contributed by atoms with Gasteiger partial charge in [0.15, 0.2) is 5.96 Å². The maximum absolute atomic E-state index is 13.2. The van der Waals surface area contributed by atoms with Crippen molar-refractivity contribution in [1.82, 2.24) is 10.3 Å². The van der Waals surface area contributed by atoms with Crippen LogP contribution in [0.4, 0.5) is 4.39 Å². The predicted octanol–water partition coefficient (Wildman–Crippen LogP) is 1.28. The molecule has 5 heteroatoms. The summed E-state index contributed by atoms with van der Waals surface area (Å²) >= 11 is 0. The molecule has 0 aliphatic carbocycles. The van der Waals surface area contributed by atoms with Gasteiger partial charge < -0.3 is 11.1 Å². The summed E-state index contributed by atoms with van der Waals surface area (Å²) in [5, 5.41) is 2.95. The van der Waals surface area contributed by atoms with Crippen LogP contribution in [0.2, 0.25) is 0 Å². The number of aliphatic imine (C=N–C) groups is 1. The van der Waals surface area contributed by atoms with E-state index in [4.69, 9.17) is 5.73 Å². The van der Waals surface area contributed by atoms with Crippen molar-refractivity contribution in [3.63, 3.8) is 0 Å². The number of nitrogens with one attached hydrogen (secondary N) is 1. The minimum absolute atomic E-state index is 0.156. The second-order valence-electron chi connectivity index (χ2n) is 3.91. The number of aromatic nitrogens is 1. The van der Waals surface area contributed by atoms with Gasteiger partial charge in [-0.15, -0.1) is 0 Å². The second kappa shape index (κ2) is 6.05. The molecule has 0 fully saturated rings. The highest BCUT2D eigenvalue weighted by molar-refractivity contribution is 5.77. The van der Waals surface area contributed by atoms with Crippen LogP contribution in [0.15, 0.2) is 23.3 Å². The van der Waals surface area contributed by atoms with E-state index >= 15 is 0 Å². The summed E-state index contributed by atoms with van der Waals surface area (Å²) in [6.45, 7) is 5.04. The molecule has 88 valence electrons. The Kier molecular flexibility index (Phi) is 4.69. The van der Waals surface area contributed by atoms with Crippen LogP contribution in [0.5, 0.6) is 0 Å². The fraction of sp³-hybridized carbons (Fsp3) is 0.455. The molecule has 0 saturated heterocycles. The van der Waals surface area contributed by atoms with Gasteiger partial charge in [-0.1, -0.05) is 13.8 Å². The number of hydrogen-bond acceptors (Lipinski definition) is 2. The SMILES string of the molecule is CC(C)CNC(N)=NCc1ncccc1F. The Hall–Kier alpha value is -1.65. The smallest absolute Gasteiger partial charge is 0.188 e. The maximum atomic E-state index is 13.2. The van der Waals surface area contributed by atoms with Crippen molar-refractivity contribution in [2.24, 2.45) is 16.6 Å². The van der Waals surface area contributed by atoms with Crippen LogP contribution < -0.4 is 11.1 Å². The Balaban J connectivity index is 2.49. The van der Waals surface area contributed by atoms with E-state index in [2.05, 4.69) is 29.1 Å². The zero-order valence-corrected chi connectivity index (χ0v) is 9.57. The molecule has 3 N–H and O–H groups in total. The molecule has 0 atom stereocenters. The van der Waals surface area contributed by atoms with Crippen molar-refractivity contribution in [1.29, 1.82) is 0 Å². The van der Waals surface area contributed by atoms with E-state index in [1.165, 1.54) is 12.3 Å². The second-order valence-corrected chi connectivity index (χ2v) is 3.91. The first-order chi connectivity index (χ1) is 7.59. The van der Waals surface area contributed by atoms with Crippen LogP contribution in [0.1, 0.15) is 19.5 Å². The van der Waals surface area contributed by atoms with Crippen LogP contribution >= 0.6 is 0 Å². The average molecular weight is 224 g/mol. The maximum Gasteiger partial charge on any atom is 0.188 e. The molecular formula is C11H17FN4. The first kappa shape index (κ1) is 12.4. The third-order valence-corrected chi connectivity index (χ3v) is 1.93. The largest absolute Gasteiger partial charge is 0.370 e. The van der Waals surface area contributed by atoms with E-state index in [9.17, 15) is 4.39 Å². The minimum Gasteiger partial charge on any atom is -0.370 e. The summed E-state index contributed by atoms with van der Waals surface area (Å²) in [6.07, 6.45) is 1.53. The molecule has 0 aliphatic heterocycles. The van der Waals surface area contributed by atoms with E-state index in [0.29, 0.717) is 17.6 Å². The zero-order valence-electron chi connectivity index (χ0n) is 9.57. The van der Waals surface area contributed by atoms with Crippen LogP contribution in [0, 0.1) is 11.7 Å². The Morgan fingerprint density at radius 3 is 3.00 bits per heavy atom. The van der Waals surface area contributed by atoms with Gasteiger partial charge in [0.2, 0.25) is 0 Å². The highest BCUT2D eigenvalue weighted by atomic mass is 19.1. The average Bonchev–Trinajstić information content (AvgIpc) is 2.25. The summed E-state index contributed by atoms with van der Waals surface area (Å²) in [7, 11) is 0. The molecule has 0 bridgehead atoms. The van der Waals surface area contributed by atoms with Crippen LogP contribution in [-0.2, 0) is 6.54 Å². The minimum atomic E-state index is -0.358. The molecule has 0 radical (unpaired) electrons. The lowest BCUT2D eigenvalue weighted by molar-refractivity contribution is 0.598. The molecular weight excluding hydrogens is 207 g/mol. The lowest BCUT2D eigenvalue weighted by atomic mass is 10.2. The van der Waals surface area contributed by atoms with Crippen LogP contribution in [0.25, 0.3) is 0 Å². The highest BCUT2D eigenvalue weighted by Gasteiger charge is 2.01. The van der Waals surface area contributed by atoms with Gasteiger partial charge in [-0.3, -0.25) is 4.98 Å². The standard InChI is InChI=1S/C11H17FN4/c1-8(2)6-15-11(13)16-7-10-9(12)4-3-5-14-10/h3-5,8H,6-7H2,1-2H3,(H3,13,15,16). The topological polar surface area (TPSA) is 63.3 Å². The first-order valence-electron chi connectivity index (χ1n) is 5.22. The Morgan fingerprint density at radius 2 is 2.38 bits per heavy atom. The molecule has 4 nitrogen and oxygen atoms in total. The predicted molar refractivity (Wildman–Crippen MR) is 62.4 cm³/mol. The van der Waals surface area contributed by atoms with Gasteiger partial charge in [0.25, 0.3) is 0 Å². The van der Waals surface area contributed by atoms with Crippen LogP contribution in [-0.4, -0.2) is 17.5 Å². The number of nitrogens with two attached hydrogens (primary N) is 1. The molecule has 0 aromatic carbocycles. The summed E-state index contributed by atoms with van der Waals surface area (Å²) in [4.78, 5) is 7.89. The van der Waals surface area contributed by atoms with Gasteiger partial charge >= 0.3 is 0 Å². The third kappa shape index (κ3) is 4.25. The molecule has 1 rings (SSSR count). The Labute approximate surface area is 94.8 Å². The summed E-state index contributed by atoms with van der Waals surface area (Å²) < 4.78 is 13.2. The fourth-order valence-corrected chi connectivity index (χ4v) is 1.06. The van der Waals surface area contributed by atoms with Gasteiger partial charge in [0.1, 0.15) is 5.82 Å². The zero-order chi connectivity index (χ0) is 12.0. The lowest BCUT2D eigenvalue weighted by Gasteiger charge is -2.07. The molecule has 1 aromatic heterocycles. The number of hydrogen-bond donors (Lipinski definition) is 2. The van der Waals surface area contributed by atoms with Gasteiger partial charge in [0.05, 0.1) is 12.2 Å². The number of nitrogens with zero attached hydrogens (tertiary/aromatic N) is 2. The molecule has 0 unspecified atom stereocenters. The van der Waals surface area contributed by atoms with Crippen molar-refractivity contribution in [3.05, 3.63) is 29.8 Å². The highest BCUT2D eigenvalue weighted by Crippen LogP contribution is 2.03. The van der Waals surface area contributed by atoms with E-state index < -0.39 is 0 Å². The molecule has 1 heterocycles. The molecule has 16 heavy (non-hydrogen) atoms. The van der Waals surface area contributed by atoms with E-state index in [-0.39, 0.29) is 12.4 Å². The summed E-state index contributed by atoms with van der Waals surface area (Å²) in [5.74, 6) is 0.446. The molecule has 0 spiro atoms. The van der Waals surface area contributed by atoms with E-state index in [1.54, 1.807) is 6.07 Å². The summed E-state index contributed by atoms with van der Waals surface area (Å²) in [6, 6.07) is 2.90. The number of guanidine groups is 1. The lowest BCUT2D eigenvalue weighted by Crippen LogP contribution is -2.34. The van der Waals surface area contributed by atoms with Crippen molar-refractivity contribution in [2.45, 2.75) is 20.4 Å². The van der Waals surface area contributed by atoms with Crippen molar-refractivity contribution in [3.8, 4) is 0 Å². The Bertz CT molecular complexity index is 363. The van der Waals surface area contributed by atoms with Crippen molar-refractivity contribution in [2.75, 3.05) is 6.54 Å². The number of halogens is 1. The third-order valence-electron chi connectivity index (χ3n) is 1.93. The van der Waals surface area contributed by atoms with E-state index in [1.807, 2.05) is 0 Å². The van der Waals surface area contributed by atoms with Gasteiger partial charge in [-0.05, 0) is 18.1 Å². The van der Waals surface area contributed by atoms with Gasteiger partial charge in [0, 0.05) is 12.7 Å². The monoisotopic (exact) mass is 224 g/mol. The van der Waals surface area contributed by atoms with Crippen molar-refractivity contribution >= 4 is 5.96 Å². The normalized spacial score (nSPS) is 11.9. The molecule has 0 amide bonds. The van der Waals surface area contributed by atoms with E-state index in [0.717, 1.165) is 6.54 Å². The quantitative estimate of drug-likeness (QED) is 0.598. The van der Waals surface area contributed by atoms with Gasteiger partial charge in [-0.25, -0.2) is 9.38 Å². The molecule has 0 saturated carbocycles. The molecule has 0 aliphatic rings. The first-order valence-corrected chi connectivity index (χ1v) is 5.22. The van der Waals surface area contributed by atoms with Gasteiger partial charge in [-0.2, -0.15) is 0 Å². The molecule has 1 aromatic rings. The van der Waals surface area contributed by atoms with Crippen LogP contribution in [0.3, 0.4) is 0 Å². The Morgan fingerprint density at radius 1 is 1.62 bits per heavy atom. The van der Waals surface area contributed by atoms with Crippen molar-refractivity contribution < 1.29 is 4.39 Å². The number of rotatable bonds is 4. The summed E-state index contributed by atoms with van der Waals surface area (Å²) in [5.41, 5.74) is 5.91.